The number of pyridine rings is 1. The molecule has 3 heteroatoms. The predicted octanol–water partition coefficient (Wildman–Crippen LogP) is 2.40. The maximum Gasteiger partial charge on any atom is 0.0420 e. The summed E-state index contributed by atoms with van der Waals surface area (Å²) in [6.45, 7) is 10.4. The van der Waals surface area contributed by atoms with E-state index in [1.165, 1.54) is 11.3 Å². The summed E-state index contributed by atoms with van der Waals surface area (Å²) < 4.78 is 0. The largest absolute Gasteiger partial charge is 0.380 e. The summed E-state index contributed by atoms with van der Waals surface area (Å²) in [5.41, 5.74) is 2.47. The van der Waals surface area contributed by atoms with Crippen molar-refractivity contribution in [2.75, 3.05) is 11.9 Å². The Bertz CT molecular complexity index is 302. The lowest BCUT2D eigenvalue weighted by atomic mass is 10.1. The Balaban J connectivity index is 2.77. The summed E-state index contributed by atoms with van der Waals surface area (Å²) in [6.07, 6.45) is 3.74. The second-order valence-electron chi connectivity index (χ2n) is 4.69. The highest BCUT2D eigenvalue weighted by atomic mass is 15.0. The van der Waals surface area contributed by atoms with E-state index in [1.807, 2.05) is 18.5 Å². The second-order valence-corrected chi connectivity index (χ2v) is 4.69. The van der Waals surface area contributed by atoms with Gasteiger partial charge in [0.1, 0.15) is 0 Å². The summed E-state index contributed by atoms with van der Waals surface area (Å²) in [5.74, 6) is 0. The quantitative estimate of drug-likeness (QED) is 0.796. The molecule has 0 amide bonds. The first-order valence-electron chi connectivity index (χ1n) is 5.44. The Kier molecular flexibility index (Phi) is 4.09. The minimum absolute atomic E-state index is 0.0856. The summed E-state index contributed by atoms with van der Waals surface area (Å²) in [4.78, 5) is 4.15. The van der Waals surface area contributed by atoms with Gasteiger partial charge in [-0.3, -0.25) is 4.98 Å². The zero-order chi connectivity index (χ0) is 11.3. The average molecular weight is 207 g/mol. The molecule has 1 aromatic rings. The van der Waals surface area contributed by atoms with Crippen LogP contribution in [-0.4, -0.2) is 17.1 Å². The van der Waals surface area contributed by atoms with Crippen LogP contribution in [0.3, 0.4) is 0 Å². The third kappa shape index (κ3) is 4.30. The van der Waals surface area contributed by atoms with Crippen LogP contribution in [0, 0.1) is 0 Å². The van der Waals surface area contributed by atoms with E-state index in [-0.39, 0.29) is 5.54 Å². The van der Waals surface area contributed by atoms with Crippen molar-refractivity contribution in [3.8, 4) is 0 Å². The third-order valence-corrected chi connectivity index (χ3v) is 1.98. The number of hydrogen-bond donors (Lipinski definition) is 2. The molecule has 1 rings (SSSR count). The molecule has 0 aliphatic carbocycles. The Morgan fingerprint density at radius 2 is 2.07 bits per heavy atom. The summed E-state index contributed by atoms with van der Waals surface area (Å²) in [5, 5.41) is 6.79. The number of nitrogens with one attached hydrogen (secondary N) is 2. The second kappa shape index (κ2) is 5.12. The molecule has 1 heterocycles. The number of nitrogens with zero attached hydrogens (tertiary/aromatic N) is 1. The molecule has 0 fully saturated rings. The van der Waals surface area contributed by atoms with Gasteiger partial charge < -0.3 is 10.6 Å². The van der Waals surface area contributed by atoms with Crippen LogP contribution >= 0.6 is 0 Å². The smallest absolute Gasteiger partial charge is 0.0420 e. The topological polar surface area (TPSA) is 37.0 Å². The normalized spacial score (nSPS) is 11.5. The molecule has 0 unspecified atom stereocenters. The van der Waals surface area contributed by atoms with Crippen molar-refractivity contribution in [1.29, 1.82) is 0 Å². The molecule has 0 saturated heterocycles. The van der Waals surface area contributed by atoms with Crippen LogP contribution < -0.4 is 10.6 Å². The molecule has 0 spiro atoms. The minimum Gasteiger partial charge on any atom is -0.380 e. The van der Waals surface area contributed by atoms with Crippen molar-refractivity contribution >= 4 is 5.69 Å². The fourth-order valence-electron chi connectivity index (χ4n) is 1.35. The first-order chi connectivity index (χ1) is 7.03. The highest BCUT2D eigenvalue weighted by Crippen LogP contribution is 2.18. The van der Waals surface area contributed by atoms with E-state index in [9.17, 15) is 0 Å². The van der Waals surface area contributed by atoms with E-state index < -0.39 is 0 Å². The van der Waals surface area contributed by atoms with Crippen molar-refractivity contribution < 1.29 is 0 Å². The maximum absolute atomic E-state index is 4.15. The fourth-order valence-corrected chi connectivity index (χ4v) is 1.35. The van der Waals surface area contributed by atoms with Crippen molar-refractivity contribution in [2.24, 2.45) is 0 Å². The van der Waals surface area contributed by atoms with Crippen molar-refractivity contribution in [3.63, 3.8) is 0 Å². The van der Waals surface area contributed by atoms with Gasteiger partial charge in [-0.05, 0) is 33.4 Å². The zero-order valence-corrected chi connectivity index (χ0v) is 10.1. The highest BCUT2D eigenvalue weighted by molar-refractivity contribution is 5.50. The van der Waals surface area contributed by atoms with Gasteiger partial charge in [-0.15, -0.1) is 0 Å². The molecule has 1 aromatic heterocycles. The highest BCUT2D eigenvalue weighted by Gasteiger charge is 2.11. The molecule has 3 nitrogen and oxygen atoms in total. The van der Waals surface area contributed by atoms with E-state index in [1.54, 1.807) is 0 Å². The average Bonchev–Trinajstić information content (AvgIpc) is 2.14. The van der Waals surface area contributed by atoms with Crippen molar-refractivity contribution in [2.45, 2.75) is 39.8 Å². The van der Waals surface area contributed by atoms with Gasteiger partial charge in [0, 0.05) is 35.7 Å². The van der Waals surface area contributed by atoms with Crippen LogP contribution in [0.15, 0.2) is 18.5 Å². The third-order valence-electron chi connectivity index (χ3n) is 1.98. The summed E-state index contributed by atoms with van der Waals surface area (Å²) in [7, 11) is 0. The lowest BCUT2D eigenvalue weighted by molar-refractivity contribution is 0.630. The molecule has 0 atom stereocenters. The van der Waals surface area contributed by atoms with E-state index in [0.717, 1.165) is 13.1 Å². The van der Waals surface area contributed by atoms with Gasteiger partial charge in [-0.2, -0.15) is 0 Å². The Labute approximate surface area is 92.3 Å². The SMILES string of the molecule is CCNCc1cnccc1NC(C)(C)C. The van der Waals surface area contributed by atoms with Gasteiger partial charge in [0.05, 0.1) is 0 Å². The molecule has 2 N–H and O–H groups in total. The number of hydrogen-bond acceptors (Lipinski definition) is 3. The van der Waals surface area contributed by atoms with Crippen LogP contribution in [-0.2, 0) is 6.54 Å². The number of rotatable bonds is 4. The fraction of sp³-hybridized carbons (Fsp3) is 0.583. The van der Waals surface area contributed by atoms with Crippen LogP contribution in [0.1, 0.15) is 33.3 Å². The van der Waals surface area contributed by atoms with Crippen LogP contribution in [0.25, 0.3) is 0 Å². The van der Waals surface area contributed by atoms with E-state index >= 15 is 0 Å². The number of anilines is 1. The van der Waals surface area contributed by atoms with Gasteiger partial charge in [-0.25, -0.2) is 0 Å². The van der Waals surface area contributed by atoms with Gasteiger partial charge >= 0.3 is 0 Å². The first-order valence-corrected chi connectivity index (χ1v) is 5.44. The maximum atomic E-state index is 4.15. The van der Waals surface area contributed by atoms with E-state index in [0.29, 0.717) is 0 Å². The lowest BCUT2D eigenvalue weighted by Crippen LogP contribution is -2.27. The molecule has 84 valence electrons. The summed E-state index contributed by atoms with van der Waals surface area (Å²) in [6, 6.07) is 2.03. The van der Waals surface area contributed by atoms with Crippen LogP contribution in [0.2, 0.25) is 0 Å². The molecule has 0 aliphatic heterocycles. The molecule has 0 radical (unpaired) electrons. The predicted molar refractivity (Wildman–Crippen MR) is 65.0 cm³/mol. The van der Waals surface area contributed by atoms with Crippen LogP contribution in [0.4, 0.5) is 5.69 Å². The molecule has 0 aliphatic rings. The first kappa shape index (κ1) is 12.0. The molecular formula is C12H21N3. The monoisotopic (exact) mass is 207 g/mol. The summed E-state index contributed by atoms with van der Waals surface area (Å²) >= 11 is 0. The number of aromatic nitrogens is 1. The molecule has 0 bridgehead atoms. The Hall–Kier alpha value is -1.09. The van der Waals surface area contributed by atoms with Gasteiger partial charge in [0.25, 0.3) is 0 Å². The standard InChI is InChI=1S/C12H21N3/c1-5-13-8-10-9-14-7-6-11(10)15-12(2,3)4/h6-7,9,13H,5,8H2,1-4H3,(H,14,15). The molecule has 15 heavy (non-hydrogen) atoms. The van der Waals surface area contributed by atoms with Gasteiger partial charge in [0.2, 0.25) is 0 Å². The molecule has 0 aromatic carbocycles. The zero-order valence-electron chi connectivity index (χ0n) is 10.1. The van der Waals surface area contributed by atoms with E-state index in [2.05, 4.69) is 43.3 Å². The molecular weight excluding hydrogens is 186 g/mol. The Morgan fingerprint density at radius 3 is 2.67 bits per heavy atom. The van der Waals surface area contributed by atoms with E-state index in [4.69, 9.17) is 0 Å². The van der Waals surface area contributed by atoms with Crippen molar-refractivity contribution in [3.05, 3.63) is 24.0 Å². The van der Waals surface area contributed by atoms with Gasteiger partial charge in [0.15, 0.2) is 0 Å². The lowest BCUT2D eigenvalue weighted by Gasteiger charge is -2.24. The minimum atomic E-state index is 0.0856. The van der Waals surface area contributed by atoms with Crippen LogP contribution in [0.5, 0.6) is 0 Å². The molecule has 0 saturated carbocycles. The Morgan fingerprint density at radius 1 is 1.33 bits per heavy atom. The van der Waals surface area contributed by atoms with Gasteiger partial charge in [-0.1, -0.05) is 6.92 Å². The van der Waals surface area contributed by atoms with Crippen molar-refractivity contribution in [1.82, 2.24) is 10.3 Å².